The van der Waals surface area contributed by atoms with Gasteiger partial charge in [0.15, 0.2) is 0 Å². The van der Waals surface area contributed by atoms with E-state index in [0.29, 0.717) is 49.4 Å². The average molecular weight is 583 g/mol. The lowest BCUT2D eigenvalue weighted by molar-refractivity contribution is -0.137. The van der Waals surface area contributed by atoms with Crippen molar-refractivity contribution in [3.63, 3.8) is 0 Å². The van der Waals surface area contributed by atoms with E-state index in [-0.39, 0.29) is 48.6 Å². The molecule has 1 amide bonds. The number of oxime groups is 1. The molecular formula is C28H37F3N4O4S. The van der Waals surface area contributed by atoms with Crippen LogP contribution in [0.1, 0.15) is 79.8 Å². The summed E-state index contributed by atoms with van der Waals surface area (Å²) in [5.74, 6) is -0.269. The van der Waals surface area contributed by atoms with Gasteiger partial charge in [-0.25, -0.2) is 4.98 Å². The number of aromatic nitrogens is 1. The van der Waals surface area contributed by atoms with Gasteiger partial charge in [0.05, 0.1) is 22.8 Å². The molecule has 0 unspecified atom stereocenters. The molecule has 12 heteroatoms. The van der Waals surface area contributed by atoms with Gasteiger partial charge in [-0.05, 0) is 63.1 Å². The molecule has 0 aliphatic heterocycles. The number of rotatable bonds is 13. The van der Waals surface area contributed by atoms with Gasteiger partial charge in [0.25, 0.3) is 0 Å². The Morgan fingerprint density at radius 3 is 2.70 bits per heavy atom. The van der Waals surface area contributed by atoms with Crippen LogP contribution >= 0.6 is 11.3 Å². The van der Waals surface area contributed by atoms with Gasteiger partial charge < -0.3 is 25.4 Å². The summed E-state index contributed by atoms with van der Waals surface area (Å²) >= 11 is 1.45. The van der Waals surface area contributed by atoms with Gasteiger partial charge >= 0.3 is 6.18 Å². The van der Waals surface area contributed by atoms with Crippen LogP contribution in [0.25, 0.3) is 0 Å². The number of carbonyl (C=O) groups is 1. The molecule has 1 heterocycles. The highest BCUT2D eigenvalue weighted by Crippen LogP contribution is 2.41. The van der Waals surface area contributed by atoms with Crippen LogP contribution in [0.15, 0.2) is 35.6 Å². The topological polar surface area (TPSA) is 117 Å². The fraction of sp³-hybridized carbons (Fsp3) is 0.571. The minimum Gasteiger partial charge on any atom is -0.396 e. The number of benzene rings is 1. The Hall–Kier alpha value is -2.83. The van der Waals surface area contributed by atoms with Gasteiger partial charge in [-0.15, -0.1) is 11.3 Å². The summed E-state index contributed by atoms with van der Waals surface area (Å²) in [6.45, 7) is 4.23. The molecule has 220 valence electrons. The van der Waals surface area contributed by atoms with Crippen LogP contribution in [0, 0.1) is 11.3 Å². The van der Waals surface area contributed by atoms with Gasteiger partial charge in [0.1, 0.15) is 17.2 Å². The smallest absolute Gasteiger partial charge is 0.396 e. The number of nitrogens with one attached hydrogen (secondary N) is 2. The summed E-state index contributed by atoms with van der Waals surface area (Å²) in [4.78, 5) is 23.1. The molecule has 3 N–H and O–H groups in total. The zero-order valence-corrected chi connectivity index (χ0v) is 23.8. The van der Waals surface area contributed by atoms with E-state index in [1.165, 1.54) is 23.5 Å². The third-order valence-corrected chi connectivity index (χ3v) is 8.06. The van der Waals surface area contributed by atoms with E-state index in [2.05, 4.69) is 15.5 Å². The number of carbonyl (C=O) groups excluding carboxylic acids is 1. The van der Waals surface area contributed by atoms with E-state index >= 15 is 0 Å². The molecule has 40 heavy (non-hydrogen) atoms. The summed E-state index contributed by atoms with van der Waals surface area (Å²) in [6, 6.07) is 4.49. The minimum absolute atomic E-state index is 0.00909. The first-order valence-electron chi connectivity index (χ1n) is 13.3. The second-order valence-corrected chi connectivity index (χ2v) is 11.2. The number of hydrogen-bond donors (Lipinski definition) is 3. The van der Waals surface area contributed by atoms with Crippen LogP contribution in [0.2, 0.25) is 0 Å². The highest BCUT2D eigenvalue weighted by Gasteiger charge is 2.38. The number of alkyl halides is 3. The highest BCUT2D eigenvalue weighted by atomic mass is 32.1. The lowest BCUT2D eigenvalue weighted by Crippen LogP contribution is -2.38. The van der Waals surface area contributed by atoms with Crippen molar-refractivity contribution in [1.29, 1.82) is 5.41 Å². The predicted molar refractivity (Wildman–Crippen MR) is 147 cm³/mol. The first-order chi connectivity index (χ1) is 18.9. The first kappa shape index (κ1) is 31.7. The van der Waals surface area contributed by atoms with E-state index in [0.717, 1.165) is 17.0 Å². The lowest BCUT2D eigenvalue weighted by atomic mass is 9.76. The van der Waals surface area contributed by atoms with E-state index in [1.807, 2.05) is 6.92 Å². The van der Waals surface area contributed by atoms with Crippen molar-refractivity contribution < 1.29 is 32.6 Å². The summed E-state index contributed by atoms with van der Waals surface area (Å²) in [5, 5.41) is 27.2. The summed E-state index contributed by atoms with van der Waals surface area (Å²) in [7, 11) is 1.61. The number of nitrogens with zero attached hydrogens (tertiary/aromatic N) is 2. The van der Waals surface area contributed by atoms with Crippen LogP contribution < -0.4 is 5.32 Å². The Morgan fingerprint density at radius 2 is 2.05 bits per heavy atom. The Kier molecular flexibility index (Phi) is 11.2. The summed E-state index contributed by atoms with van der Waals surface area (Å²) in [6.07, 6.45) is 0.0536. The Morgan fingerprint density at radius 1 is 1.32 bits per heavy atom. The quantitative estimate of drug-likeness (QED) is 0.203. The number of thiazole rings is 1. The van der Waals surface area contributed by atoms with E-state index in [9.17, 15) is 23.1 Å². The number of aliphatic hydroxyl groups is 1. The number of hydrogen-bond acceptors (Lipinski definition) is 8. The Balaban J connectivity index is 1.49. The van der Waals surface area contributed by atoms with Crippen LogP contribution in [0.5, 0.6) is 0 Å². The molecule has 0 spiro atoms. The van der Waals surface area contributed by atoms with Crippen LogP contribution in [-0.4, -0.2) is 47.2 Å². The third-order valence-electron chi connectivity index (χ3n) is 6.89. The standard InChI is InChI=1S/C28H37F3N4O4S/c1-4-39-35-24(20-6-5-7-21(15-20)28(29,30)31)8-9-25(36)34-18(2)14-23(32)19-10-12-27(37,13-11-19)26-33-16-22(40-26)17-38-3/h5-7,15-16,18-19,32,37H,4,8-14,17H2,1-3H3,(H,34,36)/b32-23?,35-24+/t18-,19?,27?/m1/s1. The number of methoxy groups -OCH3 is 1. The second kappa shape index (κ2) is 14.2. The highest BCUT2D eigenvalue weighted by molar-refractivity contribution is 7.11. The molecule has 2 aromatic rings. The average Bonchev–Trinajstić information content (AvgIpc) is 3.38. The van der Waals surface area contributed by atoms with Crippen molar-refractivity contribution in [3.8, 4) is 0 Å². The molecule has 1 atom stereocenters. The van der Waals surface area contributed by atoms with E-state index in [1.54, 1.807) is 20.2 Å². The molecule has 0 bridgehead atoms. The molecule has 8 nitrogen and oxygen atoms in total. The maximum atomic E-state index is 13.2. The molecule has 1 aromatic heterocycles. The van der Waals surface area contributed by atoms with Gasteiger partial charge in [-0.1, -0.05) is 17.3 Å². The van der Waals surface area contributed by atoms with E-state index < -0.39 is 17.3 Å². The van der Waals surface area contributed by atoms with Gasteiger partial charge in [-0.3, -0.25) is 4.79 Å². The Bertz CT molecular complexity index is 1180. The van der Waals surface area contributed by atoms with Crippen LogP contribution in [0.4, 0.5) is 13.2 Å². The molecule has 1 aromatic carbocycles. The zero-order chi connectivity index (χ0) is 29.3. The SMILES string of the molecule is CCO/N=C(\CCC(=O)N[C@H](C)CC(=N)C1CCC(O)(c2ncc(COC)s2)CC1)c1cccc(C(F)(F)F)c1. The number of halogens is 3. The van der Waals surface area contributed by atoms with Gasteiger partial charge in [0, 0.05) is 44.3 Å². The Labute approximate surface area is 236 Å². The van der Waals surface area contributed by atoms with Crippen molar-refractivity contribution in [2.45, 2.75) is 83.2 Å². The molecular weight excluding hydrogens is 545 g/mol. The van der Waals surface area contributed by atoms with Crippen LogP contribution in [-0.2, 0) is 32.8 Å². The monoisotopic (exact) mass is 582 g/mol. The molecule has 0 saturated heterocycles. The lowest BCUT2D eigenvalue weighted by Gasteiger charge is -2.35. The van der Waals surface area contributed by atoms with Crippen molar-refractivity contribution in [3.05, 3.63) is 51.5 Å². The minimum atomic E-state index is -4.49. The first-order valence-corrected chi connectivity index (χ1v) is 14.2. The van der Waals surface area contributed by atoms with Crippen molar-refractivity contribution >= 4 is 28.7 Å². The van der Waals surface area contributed by atoms with E-state index in [4.69, 9.17) is 15.0 Å². The predicted octanol–water partition coefficient (Wildman–Crippen LogP) is 5.82. The van der Waals surface area contributed by atoms with Crippen molar-refractivity contribution in [2.75, 3.05) is 13.7 Å². The molecule has 1 saturated carbocycles. The summed E-state index contributed by atoms with van der Waals surface area (Å²) in [5.41, 5.74) is -0.761. The van der Waals surface area contributed by atoms with Crippen molar-refractivity contribution in [2.24, 2.45) is 11.1 Å². The van der Waals surface area contributed by atoms with Gasteiger partial charge in [-0.2, -0.15) is 13.2 Å². The summed E-state index contributed by atoms with van der Waals surface area (Å²) < 4.78 is 44.6. The number of ether oxygens (including phenoxy) is 1. The molecule has 1 aliphatic carbocycles. The number of amides is 1. The maximum absolute atomic E-state index is 13.2. The largest absolute Gasteiger partial charge is 0.416 e. The molecule has 1 aliphatic rings. The molecule has 3 rings (SSSR count). The zero-order valence-electron chi connectivity index (χ0n) is 23.0. The molecule has 0 radical (unpaired) electrons. The normalized spacial score (nSPS) is 20.7. The third kappa shape index (κ3) is 8.84. The molecule has 1 fully saturated rings. The maximum Gasteiger partial charge on any atom is 0.416 e. The van der Waals surface area contributed by atoms with Crippen LogP contribution in [0.3, 0.4) is 0 Å². The fourth-order valence-electron chi connectivity index (χ4n) is 4.78. The second-order valence-electron chi connectivity index (χ2n) is 10.1. The van der Waals surface area contributed by atoms with Crippen molar-refractivity contribution in [1.82, 2.24) is 10.3 Å². The van der Waals surface area contributed by atoms with Gasteiger partial charge in [0.2, 0.25) is 5.91 Å². The fourth-order valence-corrected chi connectivity index (χ4v) is 5.81.